The summed E-state index contributed by atoms with van der Waals surface area (Å²) < 4.78 is 0. The fraction of sp³-hybridized carbons (Fsp3) is 0.182. The summed E-state index contributed by atoms with van der Waals surface area (Å²) in [6.07, 6.45) is 2.17. The summed E-state index contributed by atoms with van der Waals surface area (Å²) in [6, 6.07) is 5.53. The fourth-order valence-corrected chi connectivity index (χ4v) is 1.88. The van der Waals surface area contributed by atoms with Crippen LogP contribution in [0.5, 0.6) is 0 Å². The number of fused-ring (bicyclic) bond motifs is 1. The molecule has 1 aromatic rings. The minimum absolute atomic E-state index is 0.113. The molecule has 2 rings (SSSR count). The first-order valence-corrected chi connectivity index (χ1v) is 4.80. The number of hydrogen-bond donors (Lipinski definition) is 0. The van der Waals surface area contributed by atoms with Crippen molar-refractivity contribution in [3.05, 3.63) is 41.4 Å². The molecule has 1 aliphatic rings. The molecule has 0 N–H and O–H groups in total. The smallest absolute Gasteiger partial charge is 0.231 e. The Bertz CT molecular complexity index is 400. The second-order valence-electron chi connectivity index (χ2n) is 3.24. The number of carbonyl (C=O) groups is 1. The lowest BCUT2D eigenvalue weighted by atomic mass is 10.2. The molecule has 14 heavy (non-hydrogen) atoms. The maximum Gasteiger partial charge on any atom is 0.231 e. The van der Waals surface area contributed by atoms with Crippen molar-refractivity contribution in [2.75, 3.05) is 11.4 Å². The standard InChI is InChI=1S/C11H10ClNO/c1-2-5-13-10-4-3-9(12)6-8(10)7-11(13)14/h2-4,6H,1,5,7H2. The van der Waals surface area contributed by atoms with Crippen LogP contribution in [0.2, 0.25) is 5.02 Å². The van der Waals surface area contributed by atoms with E-state index < -0.39 is 0 Å². The molecule has 0 spiro atoms. The van der Waals surface area contributed by atoms with Crippen molar-refractivity contribution in [1.29, 1.82) is 0 Å². The third-order valence-corrected chi connectivity index (χ3v) is 2.52. The van der Waals surface area contributed by atoms with E-state index in [1.807, 2.05) is 12.1 Å². The topological polar surface area (TPSA) is 20.3 Å². The van der Waals surface area contributed by atoms with Crippen molar-refractivity contribution in [2.24, 2.45) is 0 Å². The fourth-order valence-electron chi connectivity index (χ4n) is 1.68. The van der Waals surface area contributed by atoms with E-state index in [0.29, 0.717) is 18.0 Å². The van der Waals surface area contributed by atoms with Gasteiger partial charge in [-0.2, -0.15) is 0 Å². The summed E-state index contributed by atoms with van der Waals surface area (Å²) in [6.45, 7) is 4.19. The van der Waals surface area contributed by atoms with Crippen LogP contribution >= 0.6 is 11.6 Å². The van der Waals surface area contributed by atoms with Gasteiger partial charge in [-0.1, -0.05) is 17.7 Å². The van der Waals surface area contributed by atoms with Gasteiger partial charge in [0, 0.05) is 17.3 Å². The number of hydrogen-bond acceptors (Lipinski definition) is 1. The molecule has 1 aromatic carbocycles. The van der Waals surface area contributed by atoms with E-state index in [1.54, 1.807) is 17.0 Å². The van der Waals surface area contributed by atoms with Crippen LogP contribution in [-0.2, 0) is 11.2 Å². The average molecular weight is 208 g/mol. The lowest BCUT2D eigenvalue weighted by Crippen LogP contribution is -2.26. The van der Waals surface area contributed by atoms with Gasteiger partial charge in [0.2, 0.25) is 5.91 Å². The predicted octanol–water partition coefficient (Wildman–Crippen LogP) is 2.42. The van der Waals surface area contributed by atoms with Crippen LogP contribution in [0.4, 0.5) is 5.69 Å². The van der Waals surface area contributed by atoms with E-state index in [2.05, 4.69) is 6.58 Å². The van der Waals surface area contributed by atoms with Gasteiger partial charge in [-0.15, -0.1) is 6.58 Å². The number of halogens is 1. The Hall–Kier alpha value is -1.28. The van der Waals surface area contributed by atoms with Crippen molar-refractivity contribution >= 4 is 23.2 Å². The van der Waals surface area contributed by atoms with Crippen LogP contribution < -0.4 is 4.90 Å². The SMILES string of the molecule is C=CCN1C(=O)Cc2cc(Cl)ccc21. The Morgan fingerprint density at radius 3 is 3.07 bits per heavy atom. The summed E-state index contributed by atoms with van der Waals surface area (Å²) in [7, 11) is 0. The van der Waals surface area contributed by atoms with Gasteiger partial charge in [-0.3, -0.25) is 4.79 Å². The highest BCUT2D eigenvalue weighted by molar-refractivity contribution is 6.30. The number of anilines is 1. The maximum atomic E-state index is 11.6. The Balaban J connectivity index is 2.42. The molecule has 0 unspecified atom stereocenters. The molecular formula is C11H10ClNO. The van der Waals surface area contributed by atoms with Crippen LogP contribution in [0.3, 0.4) is 0 Å². The number of carbonyl (C=O) groups excluding carboxylic acids is 1. The van der Waals surface area contributed by atoms with Crippen LogP contribution in [0.15, 0.2) is 30.9 Å². The number of rotatable bonds is 2. The van der Waals surface area contributed by atoms with Crippen molar-refractivity contribution in [1.82, 2.24) is 0 Å². The van der Waals surface area contributed by atoms with Crippen LogP contribution in [-0.4, -0.2) is 12.5 Å². The molecule has 0 aromatic heterocycles. The minimum Gasteiger partial charge on any atom is -0.308 e. The van der Waals surface area contributed by atoms with Gasteiger partial charge in [0.05, 0.1) is 6.42 Å². The minimum atomic E-state index is 0.113. The summed E-state index contributed by atoms with van der Waals surface area (Å²) in [5, 5.41) is 0.678. The van der Waals surface area contributed by atoms with Crippen LogP contribution in [0.1, 0.15) is 5.56 Å². The molecular weight excluding hydrogens is 198 g/mol. The molecule has 1 aliphatic heterocycles. The Morgan fingerprint density at radius 2 is 2.36 bits per heavy atom. The molecule has 1 amide bonds. The number of amides is 1. The highest BCUT2D eigenvalue weighted by Gasteiger charge is 2.25. The molecule has 3 heteroatoms. The normalized spacial score (nSPS) is 14.4. The quantitative estimate of drug-likeness (QED) is 0.682. The summed E-state index contributed by atoms with van der Waals surface area (Å²) in [4.78, 5) is 13.3. The zero-order valence-electron chi connectivity index (χ0n) is 7.66. The first kappa shape index (κ1) is 9.28. The van der Waals surface area contributed by atoms with Gasteiger partial charge < -0.3 is 4.90 Å². The van der Waals surface area contributed by atoms with E-state index >= 15 is 0 Å². The molecule has 0 aliphatic carbocycles. The molecule has 2 nitrogen and oxygen atoms in total. The Morgan fingerprint density at radius 1 is 1.57 bits per heavy atom. The molecule has 1 heterocycles. The van der Waals surface area contributed by atoms with Crippen molar-refractivity contribution in [3.8, 4) is 0 Å². The van der Waals surface area contributed by atoms with Gasteiger partial charge in [0.15, 0.2) is 0 Å². The average Bonchev–Trinajstić information content (AvgIpc) is 2.43. The van der Waals surface area contributed by atoms with E-state index in [9.17, 15) is 4.79 Å². The van der Waals surface area contributed by atoms with E-state index in [1.165, 1.54) is 0 Å². The van der Waals surface area contributed by atoms with Crippen LogP contribution in [0.25, 0.3) is 0 Å². The highest BCUT2D eigenvalue weighted by atomic mass is 35.5. The third kappa shape index (κ3) is 1.42. The van der Waals surface area contributed by atoms with Crippen molar-refractivity contribution in [2.45, 2.75) is 6.42 Å². The maximum absolute atomic E-state index is 11.6. The van der Waals surface area contributed by atoms with E-state index in [-0.39, 0.29) is 5.91 Å². The lowest BCUT2D eigenvalue weighted by molar-refractivity contribution is -0.117. The zero-order valence-corrected chi connectivity index (χ0v) is 8.42. The van der Waals surface area contributed by atoms with E-state index in [0.717, 1.165) is 11.3 Å². The largest absolute Gasteiger partial charge is 0.308 e. The molecule has 0 saturated carbocycles. The third-order valence-electron chi connectivity index (χ3n) is 2.29. The van der Waals surface area contributed by atoms with Crippen LogP contribution in [0, 0.1) is 0 Å². The van der Waals surface area contributed by atoms with Crippen molar-refractivity contribution in [3.63, 3.8) is 0 Å². The predicted molar refractivity (Wildman–Crippen MR) is 57.7 cm³/mol. The number of nitrogens with zero attached hydrogens (tertiary/aromatic N) is 1. The van der Waals surface area contributed by atoms with Gasteiger partial charge in [0.1, 0.15) is 0 Å². The summed E-state index contributed by atoms with van der Waals surface area (Å²) in [5.74, 6) is 0.113. The summed E-state index contributed by atoms with van der Waals surface area (Å²) in [5.41, 5.74) is 1.96. The monoisotopic (exact) mass is 207 g/mol. The van der Waals surface area contributed by atoms with Crippen molar-refractivity contribution < 1.29 is 4.79 Å². The molecule has 72 valence electrons. The van der Waals surface area contributed by atoms with Gasteiger partial charge in [-0.05, 0) is 23.8 Å². The van der Waals surface area contributed by atoms with Gasteiger partial charge in [-0.25, -0.2) is 0 Å². The second-order valence-corrected chi connectivity index (χ2v) is 3.68. The first-order valence-electron chi connectivity index (χ1n) is 4.42. The second kappa shape index (κ2) is 3.46. The molecule has 0 fully saturated rings. The zero-order chi connectivity index (χ0) is 10.1. The summed E-state index contributed by atoms with van der Waals surface area (Å²) >= 11 is 5.85. The van der Waals surface area contributed by atoms with E-state index in [4.69, 9.17) is 11.6 Å². The van der Waals surface area contributed by atoms with Gasteiger partial charge in [0.25, 0.3) is 0 Å². The molecule has 0 radical (unpaired) electrons. The Kier molecular flexibility index (Phi) is 2.30. The Labute approximate surface area is 87.8 Å². The highest BCUT2D eigenvalue weighted by Crippen LogP contribution is 2.30. The lowest BCUT2D eigenvalue weighted by Gasteiger charge is -2.14. The molecule has 0 bridgehead atoms. The number of benzene rings is 1. The first-order chi connectivity index (χ1) is 6.72. The molecule has 0 saturated heterocycles. The van der Waals surface area contributed by atoms with Gasteiger partial charge >= 0.3 is 0 Å². The molecule has 0 atom stereocenters.